The second-order valence-electron chi connectivity index (χ2n) is 4.61. The highest BCUT2D eigenvalue weighted by molar-refractivity contribution is 5.79. The summed E-state index contributed by atoms with van der Waals surface area (Å²) in [5.74, 6) is -0.242. The quantitative estimate of drug-likeness (QED) is 0.893. The Morgan fingerprint density at radius 1 is 1.33 bits per heavy atom. The molecule has 1 aliphatic heterocycles. The van der Waals surface area contributed by atoms with Gasteiger partial charge in [0, 0.05) is 44.5 Å². The molecule has 1 N–H and O–H groups in total. The predicted octanol–water partition coefficient (Wildman–Crippen LogP) is 1.41. The number of rotatable bonds is 3. The molecule has 1 aliphatic rings. The monoisotopic (exact) mass is 249 g/mol. The van der Waals surface area contributed by atoms with Crippen LogP contribution in [0.3, 0.4) is 0 Å². The van der Waals surface area contributed by atoms with Crippen LogP contribution in [0.1, 0.15) is 5.69 Å². The van der Waals surface area contributed by atoms with E-state index in [1.807, 2.05) is 0 Å². The smallest absolute Gasteiger partial charge is 0.167 e. The Morgan fingerprint density at radius 2 is 2.17 bits per heavy atom. The highest BCUT2D eigenvalue weighted by Crippen LogP contribution is 2.20. The minimum absolute atomic E-state index is 0.242. The van der Waals surface area contributed by atoms with Crippen LogP contribution in [0.4, 0.5) is 4.39 Å². The van der Waals surface area contributed by atoms with Gasteiger partial charge < -0.3 is 14.7 Å². The van der Waals surface area contributed by atoms with E-state index in [4.69, 9.17) is 4.52 Å². The van der Waals surface area contributed by atoms with Crippen molar-refractivity contribution < 1.29 is 8.91 Å². The molecule has 0 spiro atoms. The van der Waals surface area contributed by atoms with E-state index in [9.17, 15) is 4.39 Å². The van der Waals surface area contributed by atoms with Crippen LogP contribution in [-0.4, -0.2) is 42.8 Å². The van der Waals surface area contributed by atoms with Crippen LogP contribution < -0.4 is 5.32 Å². The zero-order chi connectivity index (χ0) is 12.4. The van der Waals surface area contributed by atoms with Gasteiger partial charge in [-0.15, -0.1) is 0 Å². The van der Waals surface area contributed by atoms with Crippen molar-refractivity contribution in [2.45, 2.75) is 6.42 Å². The first kappa shape index (κ1) is 11.6. The highest BCUT2D eigenvalue weighted by atomic mass is 19.1. The largest absolute Gasteiger partial charge is 0.356 e. The van der Waals surface area contributed by atoms with E-state index in [2.05, 4.69) is 15.4 Å². The lowest BCUT2D eigenvalue weighted by Gasteiger charge is -2.26. The summed E-state index contributed by atoms with van der Waals surface area (Å²) in [5.41, 5.74) is 1.51. The second-order valence-corrected chi connectivity index (χ2v) is 4.61. The number of halogens is 1. The first-order chi connectivity index (χ1) is 8.83. The van der Waals surface area contributed by atoms with Gasteiger partial charge in [-0.3, -0.25) is 0 Å². The molecule has 0 radical (unpaired) electrons. The fourth-order valence-electron chi connectivity index (χ4n) is 2.34. The standard InChI is InChI=1S/C13H16FN3O/c14-10-1-2-13-11(9-10)12(16-18-13)3-6-17-7-4-15-5-8-17/h1-2,9,15H,3-8H2. The minimum atomic E-state index is -0.242. The maximum atomic E-state index is 13.2. The number of hydrogen-bond acceptors (Lipinski definition) is 4. The fraction of sp³-hybridized carbons (Fsp3) is 0.462. The summed E-state index contributed by atoms with van der Waals surface area (Å²) in [4.78, 5) is 2.39. The first-order valence-corrected chi connectivity index (χ1v) is 6.30. The number of piperazine rings is 1. The third-order valence-electron chi connectivity index (χ3n) is 3.38. The molecule has 2 aromatic rings. The van der Waals surface area contributed by atoms with Gasteiger partial charge in [0.1, 0.15) is 5.82 Å². The van der Waals surface area contributed by atoms with Crippen LogP contribution in [0.2, 0.25) is 0 Å². The summed E-state index contributed by atoms with van der Waals surface area (Å²) < 4.78 is 18.4. The van der Waals surface area contributed by atoms with Gasteiger partial charge in [-0.25, -0.2) is 4.39 Å². The number of nitrogens with one attached hydrogen (secondary N) is 1. The molecule has 3 rings (SSSR count). The summed E-state index contributed by atoms with van der Waals surface area (Å²) in [6.45, 7) is 5.14. The molecule has 96 valence electrons. The van der Waals surface area contributed by atoms with Gasteiger partial charge in [0.2, 0.25) is 0 Å². The van der Waals surface area contributed by atoms with Crippen LogP contribution in [-0.2, 0) is 6.42 Å². The van der Waals surface area contributed by atoms with E-state index < -0.39 is 0 Å². The molecule has 1 aromatic heterocycles. The van der Waals surface area contributed by atoms with Crippen molar-refractivity contribution in [2.75, 3.05) is 32.7 Å². The first-order valence-electron chi connectivity index (χ1n) is 6.30. The number of aromatic nitrogens is 1. The Kier molecular flexibility index (Phi) is 3.25. The molecule has 0 aliphatic carbocycles. The molecule has 5 heteroatoms. The van der Waals surface area contributed by atoms with Crippen molar-refractivity contribution in [3.05, 3.63) is 29.7 Å². The number of fused-ring (bicyclic) bond motifs is 1. The lowest BCUT2D eigenvalue weighted by Crippen LogP contribution is -2.44. The highest BCUT2D eigenvalue weighted by Gasteiger charge is 2.13. The Bertz CT molecular complexity index is 534. The summed E-state index contributed by atoms with van der Waals surface area (Å²) >= 11 is 0. The van der Waals surface area contributed by atoms with Crippen molar-refractivity contribution in [1.29, 1.82) is 0 Å². The van der Waals surface area contributed by atoms with Crippen molar-refractivity contribution in [1.82, 2.24) is 15.4 Å². The minimum Gasteiger partial charge on any atom is -0.356 e. The molecule has 0 saturated carbocycles. The van der Waals surface area contributed by atoms with Crippen molar-refractivity contribution in [3.8, 4) is 0 Å². The van der Waals surface area contributed by atoms with Gasteiger partial charge in [0.15, 0.2) is 5.58 Å². The summed E-state index contributed by atoms with van der Waals surface area (Å²) in [6.07, 6.45) is 0.802. The molecule has 2 heterocycles. The maximum Gasteiger partial charge on any atom is 0.167 e. The van der Waals surface area contributed by atoms with Crippen LogP contribution in [0, 0.1) is 5.82 Å². The number of benzene rings is 1. The Morgan fingerprint density at radius 3 is 3.00 bits per heavy atom. The lowest BCUT2D eigenvalue weighted by molar-refractivity contribution is 0.242. The molecule has 1 saturated heterocycles. The molecular formula is C13H16FN3O. The van der Waals surface area contributed by atoms with E-state index in [0.717, 1.165) is 50.2 Å². The second kappa shape index (κ2) is 5.04. The molecular weight excluding hydrogens is 233 g/mol. The Hall–Kier alpha value is -1.46. The third-order valence-corrected chi connectivity index (χ3v) is 3.38. The van der Waals surface area contributed by atoms with E-state index in [1.54, 1.807) is 6.07 Å². The normalized spacial score (nSPS) is 17.4. The molecule has 0 atom stereocenters. The SMILES string of the molecule is Fc1ccc2onc(CCN3CCNCC3)c2c1. The van der Waals surface area contributed by atoms with Crippen LogP contribution in [0.5, 0.6) is 0 Å². The number of nitrogens with zero attached hydrogens (tertiary/aromatic N) is 2. The van der Waals surface area contributed by atoms with Gasteiger partial charge in [-0.05, 0) is 18.2 Å². The number of hydrogen-bond donors (Lipinski definition) is 1. The zero-order valence-electron chi connectivity index (χ0n) is 10.2. The van der Waals surface area contributed by atoms with E-state index >= 15 is 0 Å². The van der Waals surface area contributed by atoms with Gasteiger partial charge in [0.25, 0.3) is 0 Å². The lowest BCUT2D eigenvalue weighted by atomic mass is 10.1. The average Bonchev–Trinajstić information content (AvgIpc) is 2.80. The van der Waals surface area contributed by atoms with E-state index in [0.29, 0.717) is 5.58 Å². The predicted molar refractivity (Wildman–Crippen MR) is 67.0 cm³/mol. The topological polar surface area (TPSA) is 41.3 Å². The zero-order valence-corrected chi connectivity index (χ0v) is 10.2. The molecule has 4 nitrogen and oxygen atoms in total. The van der Waals surface area contributed by atoms with Crippen molar-refractivity contribution in [2.24, 2.45) is 0 Å². The van der Waals surface area contributed by atoms with Crippen LogP contribution in [0.25, 0.3) is 11.0 Å². The molecule has 1 fully saturated rings. The van der Waals surface area contributed by atoms with Gasteiger partial charge >= 0.3 is 0 Å². The summed E-state index contributed by atoms with van der Waals surface area (Å²) in [5, 5.41) is 8.15. The summed E-state index contributed by atoms with van der Waals surface area (Å²) in [6, 6.07) is 4.53. The molecule has 0 unspecified atom stereocenters. The summed E-state index contributed by atoms with van der Waals surface area (Å²) in [7, 11) is 0. The van der Waals surface area contributed by atoms with Gasteiger partial charge in [-0.1, -0.05) is 5.16 Å². The Labute approximate surface area is 105 Å². The van der Waals surface area contributed by atoms with Gasteiger partial charge in [0.05, 0.1) is 5.69 Å². The fourth-order valence-corrected chi connectivity index (χ4v) is 2.34. The molecule has 18 heavy (non-hydrogen) atoms. The Balaban J connectivity index is 1.72. The van der Waals surface area contributed by atoms with Gasteiger partial charge in [-0.2, -0.15) is 0 Å². The van der Waals surface area contributed by atoms with Crippen LogP contribution >= 0.6 is 0 Å². The van der Waals surface area contributed by atoms with Crippen molar-refractivity contribution in [3.63, 3.8) is 0 Å². The van der Waals surface area contributed by atoms with E-state index in [1.165, 1.54) is 12.1 Å². The molecule has 0 bridgehead atoms. The van der Waals surface area contributed by atoms with Crippen molar-refractivity contribution >= 4 is 11.0 Å². The maximum absolute atomic E-state index is 13.2. The molecule has 1 aromatic carbocycles. The van der Waals surface area contributed by atoms with Crippen LogP contribution in [0.15, 0.2) is 22.7 Å². The van der Waals surface area contributed by atoms with E-state index in [-0.39, 0.29) is 5.82 Å². The third kappa shape index (κ3) is 2.37. The average molecular weight is 249 g/mol. The molecule has 0 amide bonds.